The van der Waals surface area contributed by atoms with Crippen molar-refractivity contribution in [2.45, 2.75) is 11.3 Å². The second-order valence-electron chi connectivity index (χ2n) is 4.13. The number of halogens is 1. The molecule has 1 fully saturated rings. The van der Waals surface area contributed by atoms with E-state index >= 15 is 0 Å². The molecule has 1 aliphatic rings. The Morgan fingerprint density at radius 1 is 1.56 bits per heavy atom. The van der Waals surface area contributed by atoms with E-state index in [4.69, 9.17) is 16.7 Å². The lowest BCUT2D eigenvalue weighted by atomic mass is 10.3. The summed E-state index contributed by atoms with van der Waals surface area (Å²) in [6, 6.07) is 1.29. The number of hydrogen-bond donors (Lipinski definition) is 2. The number of aromatic nitrogens is 1. The number of rotatable bonds is 5. The Morgan fingerprint density at radius 2 is 2.28 bits per heavy atom. The van der Waals surface area contributed by atoms with Gasteiger partial charge >= 0.3 is 5.97 Å². The van der Waals surface area contributed by atoms with E-state index in [-0.39, 0.29) is 22.4 Å². The van der Waals surface area contributed by atoms with Gasteiger partial charge in [-0.1, -0.05) is 11.6 Å². The van der Waals surface area contributed by atoms with Gasteiger partial charge in [-0.05, 0) is 18.4 Å². The van der Waals surface area contributed by atoms with E-state index in [1.165, 1.54) is 18.5 Å². The first-order valence-electron chi connectivity index (χ1n) is 5.23. The average molecular weight is 291 g/mol. The fourth-order valence-corrected chi connectivity index (χ4v) is 2.94. The van der Waals surface area contributed by atoms with E-state index in [1.54, 1.807) is 0 Å². The molecule has 0 unspecified atom stereocenters. The van der Waals surface area contributed by atoms with Gasteiger partial charge in [-0.2, -0.15) is 0 Å². The average Bonchev–Trinajstić information content (AvgIpc) is 3.06. The van der Waals surface area contributed by atoms with Crippen LogP contribution in [0.15, 0.2) is 23.4 Å². The molecule has 0 bridgehead atoms. The van der Waals surface area contributed by atoms with Crippen LogP contribution in [0.5, 0.6) is 0 Å². The van der Waals surface area contributed by atoms with Crippen molar-refractivity contribution in [3.63, 3.8) is 0 Å². The van der Waals surface area contributed by atoms with Crippen LogP contribution in [0.2, 0.25) is 5.02 Å². The molecular weight excluding hydrogens is 280 g/mol. The van der Waals surface area contributed by atoms with Gasteiger partial charge < -0.3 is 5.11 Å². The van der Waals surface area contributed by atoms with Crippen molar-refractivity contribution < 1.29 is 18.3 Å². The maximum absolute atomic E-state index is 11.8. The molecular formula is C10H11ClN2O4S. The largest absolute Gasteiger partial charge is 0.481 e. The molecule has 1 aromatic rings. The molecule has 1 aliphatic carbocycles. The monoisotopic (exact) mass is 290 g/mol. The van der Waals surface area contributed by atoms with Crippen LogP contribution < -0.4 is 4.72 Å². The number of hydrogen-bond acceptors (Lipinski definition) is 4. The van der Waals surface area contributed by atoms with Crippen LogP contribution in [0.3, 0.4) is 0 Å². The molecule has 0 radical (unpaired) electrons. The van der Waals surface area contributed by atoms with Crippen molar-refractivity contribution in [1.29, 1.82) is 0 Å². The Hall–Kier alpha value is -1.18. The van der Waals surface area contributed by atoms with E-state index < -0.39 is 21.9 Å². The third kappa shape index (κ3) is 2.98. The second-order valence-corrected chi connectivity index (χ2v) is 6.33. The molecule has 8 heteroatoms. The molecule has 0 saturated heterocycles. The Balaban J connectivity index is 1.99. The highest BCUT2D eigenvalue weighted by atomic mass is 35.5. The maximum Gasteiger partial charge on any atom is 0.306 e. The highest BCUT2D eigenvalue weighted by Crippen LogP contribution is 2.38. The predicted octanol–water partition coefficient (Wildman–Crippen LogP) is 0.734. The molecule has 18 heavy (non-hydrogen) atoms. The van der Waals surface area contributed by atoms with E-state index in [1.807, 2.05) is 0 Å². The molecule has 6 nitrogen and oxygen atoms in total. The summed E-state index contributed by atoms with van der Waals surface area (Å²) < 4.78 is 26.0. The molecule has 0 aromatic carbocycles. The van der Waals surface area contributed by atoms with Gasteiger partial charge in [-0.3, -0.25) is 9.78 Å². The Bertz CT molecular complexity index is 575. The normalized spacial score (nSPS) is 22.7. The third-order valence-electron chi connectivity index (χ3n) is 2.77. The predicted molar refractivity (Wildman–Crippen MR) is 63.7 cm³/mol. The second kappa shape index (κ2) is 4.83. The molecule has 1 aromatic heterocycles. The fourth-order valence-electron chi connectivity index (χ4n) is 1.62. The zero-order valence-electron chi connectivity index (χ0n) is 9.21. The van der Waals surface area contributed by atoms with E-state index in [9.17, 15) is 13.2 Å². The number of pyridine rings is 1. The van der Waals surface area contributed by atoms with Crippen LogP contribution >= 0.6 is 11.6 Å². The van der Waals surface area contributed by atoms with Crippen LogP contribution in [-0.4, -0.2) is 31.0 Å². The summed E-state index contributed by atoms with van der Waals surface area (Å²) in [7, 11) is -3.68. The van der Waals surface area contributed by atoms with Gasteiger partial charge in [0.15, 0.2) is 0 Å². The SMILES string of the molecule is O=C(O)[C@@H]1C[C@H]1CNS(=O)(=O)c1cncc(Cl)c1. The van der Waals surface area contributed by atoms with Crippen molar-refractivity contribution in [1.82, 2.24) is 9.71 Å². The molecule has 0 aliphatic heterocycles. The topological polar surface area (TPSA) is 96.4 Å². The number of carboxylic acid groups (broad SMARTS) is 1. The van der Waals surface area contributed by atoms with E-state index in [2.05, 4.69) is 9.71 Å². The van der Waals surface area contributed by atoms with Crippen molar-refractivity contribution in [3.8, 4) is 0 Å². The van der Waals surface area contributed by atoms with Crippen LogP contribution in [0.4, 0.5) is 0 Å². The number of nitrogens with one attached hydrogen (secondary N) is 1. The summed E-state index contributed by atoms with van der Waals surface area (Å²) in [4.78, 5) is 14.3. The molecule has 2 atom stereocenters. The summed E-state index contributed by atoms with van der Waals surface area (Å²) in [5.41, 5.74) is 0. The van der Waals surface area contributed by atoms with Gasteiger partial charge in [-0.15, -0.1) is 0 Å². The minimum Gasteiger partial charge on any atom is -0.481 e. The Kier molecular flexibility index (Phi) is 3.56. The molecule has 0 spiro atoms. The van der Waals surface area contributed by atoms with Crippen LogP contribution in [-0.2, 0) is 14.8 Å². The van der Waals surface area contributed by atoms with Gasteiger partial charge in [0, 0.05) is 18.9 Å². The smallest absolute Gasteiger partial charge is 0.306 e. The highest BCUT2D eigenvalue weighted by molar-refractivity contribution is 7.89. The summed E-state index contributed by atoms with van der Waals surface area (Å²) in [6.07, 6.45) is 3.03. The minimum absolute atomic E-state index is 0.0254. The maximum atomic E-state index is 11.8. The summed E-state index contributed by atoms with van der Waals surface area (Å²) in [5.74, 6) is -1.46. The van der Waals surface area contributed by atoms with Gasteiger partial charge in [0.1, 0.15) is 4.90 Å². The van der Waals surface area contributed by atoms with Gasteiger partial charge in [0.05, 0.1) is 10.9 Å². The Labute approximate surface area is 109 Å². The van der Waals surface area contributed by atoms with Crippen LogP contribution in [0.25, 0.3) is 0 Å². The molecule has 2 rings (SSSR count). The first kappa shape index (κ1) is 13.3. The number of nitrogens with zero attached hydrogens (tertiary/aromatic N) is 1. The first-order chi connectivity index (χ1) is 8.40. The summed E-state index contributed by atoms with van der Waals surface area (Å²) >= 11 is 5.66. The Morgan fingerprint density at radius 3 is 2.83 bits per heavy atom. The summed E-state index contributed by atoms with van der Waals surface area (Å²) in [6.45, 7) is 0.117. The van der Waals surface area contributed by atoms with Crippen molar-refractivity contribution >= 4 is 27.6 Å². The number of carbonyl (C=O) groups is 1. The molecule has 1 heterocycles. The van der Waals surface area contributed by atoms with Gasteiger partial charge in [-0.25, -0.2) is 13.1 Å². The lowest BCUT2D eigenvalue weighted by Gasteiger charge is -2.05. The standard InChI is InChI=1S/C10H11ClN2O4S/c11-7-2-8(5-12-4-7)18(16,17)13-3-6-1-9(6)10(14)15/h2,4-6,9,13H,1,3H2,(H,14,15)/t6-,9+/m0/s1. The molecule has 2 N–H and O–H groups in total. The highest BCUT2D eigenvalue weighted by Gasteiger charge is 2.43. The molecule has 0 amide bonds. The van der Waals surface area contributed by atoms with Gasteiger partial charge in [0.25, 0.3) is 0 Å². The van der Waals surface area contributed by atoms with Crippen molar-refractivity contribution in [3.05, 3.63) is 23.5 Å². The van der Waals surface area contributed by atoms with Crippen LogP contribution in [0.1, 0.15) is 6.42 Å². The fraction of sp³-hybridized carbons (Fsp3) is 0.400. The lowest BCUT2D eigenvalue weighted by molar-refractivity contribution is -0.138. The zero-order valence-corrected chi connectivity index (χ0v) is 10.8. The van der Waals surface area contributed by atoms with Crippen LogP contribution in [0, 0.1) is 11.8 Å². The number of aliphatic carboxylic acids is 1. The molecule has 1 saturated carbocycles. The minimum atomic E-state index is -3.68. The number of carboxylic acids is 1. The zero-order chi connectivity index (χ0) is 13.3. The van der Waals surface area contributed by atoms with Crippen molar-refractivity contribution in [2.75, 3.05) is 6.54 Å². The van der Waals surface area contributed by atoms with E-state index in [0.29, 0.717) is 6.42 Å². The molecule has 98 valence electrons. The quantitative estimate of drug-likeness (QED) is 0.833. The first-order valence-corrected chi connectivity index (χ1v) is 7.09. The van der Waals surface area contributed by atoms with Crippen molar-refractivity contribution in [2.24, 2.45) is 11.8 Å². The van der Waals surface area contributed by atoms with Gasteiger partial charge in [0.2, 0.25) is 10.0 Å². The summed E-state index contributed by atoms with van der Waals surface area (Å²) in [5, 5.41) is 8.93. The third-order valence-corrected chi connectivity index (χ3v) is 4.36. The lowest BCUT2D eigenvalue weighted by Crippen LogP contribution is -2.26. The van der Waals surface area contributed by atoms with E-state index in [0.717, 1.165) is 0 Å². The number of sulfonamides is 1.